The predicted octanol–water partition coefficient (Wildman–Crippen LogP) is 2.05. The molecule has 2 N–H and O–H groups in total. The number of nitrogens with one attached hydrogen (secondary N) is 1. The predicted molar refractivity (Wildman–Crippen MR) is 93.3 cm³/mol. The molecule has 26 heavy (non-hydrogen) atoms. The minimum Gasteiger partial charge on any atom is -0.497 e. The van der Waals surface area contributed by atoms with E-state index in [4.69, 9.17) is 9.47 Å². The van der Waals surface area contributed by atoms with E-state index >= 15 is 0 Å². The normalized spacial score (nSPS) is 11.3. The van der Waals surface area contributed by atoms with Crippen molar-refractivity contribution in [3.8, 4) is 11.5 Å². The van der Waals surface area contributed by atoms with Gasteiger partial charge in [-0.05, 0) is 35.9 Å². The number of carbonyl (C=O) groups excluding carboxylic acids is 2. The summed E-state index contributed by atoms with van der Waals surface area (Å²) in [6, 6.07) is 11.8. The topological polar surface area (TPSA) is 102 Å². The van der Waals surface area contributed by atoms with Crippen molar-refractivity contribution in [3.63, 3.8) is 0 Å². The highest BCUT2D eigenvalue weighted by atomic mass is 16.5. The highest BCUT2D eigenvalue weighted by molar-refractivity contribution is 5.97. The van der Waals surface area contributed by atoms with Crippen LogP contribution in [0.4, 0.5) is 0 Å². The van der Waals surface area contributed by atoms with Gasteiger partial charge in [-0.15, -0.1) is 0 Å². The monoisotopic (exact) mass is 357 g/mol. The molecule has 0 radical (unpaired) electrons. The van der Waals surface area contributed by atoms with E-state index in [1.54, 1.807) is 37.4 Å². The molecule has 2 aromatic carbocycles. The van der Waals surface area contributed by atoms with Crippen LogP contribution < -0.4 is 14.8 Å². The lowest BCUT2D eigenvalue weighted by Gasteiger charge is -2.15. The first-order chi connectivity index (χ1) is 12.4. The highest BCUT2D eigenvalue weighted by Crippen LogP contribution is 2.15. The second kappa shape index (κ2) is 8.66. The smallest absolute Gasteiger partial charge is 0.326 e. The Balaban J connectivity index is 2.10. The Kier molecular flexibility index (Phi) is 6.32. The van der Waals surface area contributed by atoms with Crippen LogP contribution in [0.5, 0.6) is 11.5 Å². The molecule has 0 aliphatic carbocycles. The molecule has 0 unspecified atom stereocenters. The van der Waals surface area contributed by atoms with Crippen LogP contribution in [0.3, 0.4) is 0 Å². The van der Waals surface area contributed by atoms with Gasteiger partial charge < -0.3 is 19.9 Å². The number of esters is 1. The van der Waals surface area contributed by atoms with E-state index in [9.17, 15) is 19.5 Å². The van der Waals surface area contributed by atoms with Gasteiger partial charge in [-0.25, -0.2) is 4.79 Å². The third kappa shape index (κ3) is 5.34. The second-order valence-corrected chi connectivity index (χ2v) is 5.54. The van der Waals surface area contributed by atoms with Crippen molar-refractivity contribution in [2.75, 3.05) is 7.11 Å². The fourth-order valence-corrected chi connectivity index (χ4v) is 2.31. The van der Waals surface area contributed by atoms with Gasteiger partial charge in [0, 0.05) is 18.9 Å². The summed E-state index contributed by atoms with van der Waals surface area (Å²) in [4.78, 5) is 34.9. The number of ether oxygens (including phenoxy) is 2. The Labute approximate surface area is 150 Å². The van der Waals surface area contributed by atoms with Crippen LogP contribution in [-0.4, -0.2) is 36.1 Å². The van der Waals surface area contributed by atoms with Crippen LogP contribution in [0.25, 0.3) is 0 Å². The van der Waals surface area contributed by atoms with Gasteiger partial charge in [0.15, 0.2) is 0 Å². The Morgan fingerprint density at radius 3 is 2.35 bits per heavy atom. The van der Waals surface area contributed by atoms with Crippen molar-refractivity contribution in [2.45, 2.75) is 19.4 Å². The van der Waals surface area contributed by atoms with Gasteiger partial charge in [0.1, 0.15) is 17.5 Å². The van der Waals surface area contributed by atoms with Gasteiger partial charge >= 0.3 is 11.9 Å². The van der Waals surface area contributed by atoms with Crippen LogP contribution in [-0.2, 0) is 16.0 Å². The first-order valence-corrected chi connectivity index (χ1v) is 7.84. The quantitative estimate of drug-likeness (QED) is 0.581. The number of carbonyl (C=O) groups is 3. The van der Waals surface area contributed by atoms with Gasteiger partial charge in [0.05, 0.1) is 7.11 Å². The van der Waals surface area contributed by atoms with Crippen LogP contribution >= 0.6 is 0 Å². The van der Waals surface area contributed by atoms with E-state index in [2.05, 4.69) is 5.32 Å². The molecular weight excluding hydrogens is 338 g/mol. The Hall–Kier alpha value is -3.35. The third-order valence-electron chi connectivity index (χ3n) is 3.56. The summed E-state index contributed by atoms with van der Waals surface area (Å²) in [6.07, 6.45) is 0.120. The number of aliphatic carboxylic acids is 1. The molecule has 2 aromatic rings. The van der Waals surface area contributed by atoms with Crippen molar-refractivity contribution in [1.29, 1.82) is 0 Å². The van der Waals surface area contributed by atoms with Crippen LogP contribution in [0.1, 0.15) is 22.8 Å². The molecule has 0 spiro atoms. The number of amides is 1. The van der Waals surface area contributed by atoms with E-state index in [0.29, 0.717) is 5.75 Å². The molecule has 0 aromatic heterocycles. The van der Waals surface area contributed by atoms with Gasteiger partial charge in [0.2, 0.25) is 0 Å². The standard InChI is InChI=1S/C19H19NO6/c1-12(21)26-16-5-3-4-14(11-16)18(22)20-17(19(23)24)10-13-6-8-15(25-2)9-7-13/h3-9,11,17H,10H2,1-2H3,(H,20,22)(H,23,24)/t17-/m0/s1. The van der Waals surface area contributed by atoms with Gasteiger partial charge in [0.25, 0.3) is 5.91 Å². The molecule has 1 amide bonds. The molecular formula is C19H19NO6. The summed E-state index contributed by atoms with van der Waals surface area (Å²) in [7, 11) is 1.54. The van der Waals surface area contributed by atoms with Crippen molar-refractivity contribution in [3.05, 3.63) is 59.7 Å². The molecule has 7 nitrogen and oxygen atoms in total. The van der Waals surface area contributed by atoms with Gasteiger partial charge in [-0.3, -0.25) is 9.59 Å². The van der Waals surface area contributed by atoms with Crippen molar-refractivity contribution >= 4 is 17.8 Å². The average molecular weight is 357 g/mol. The van der Waals surface area contributed by atoms with Crippen LogP contribution in [0, 0.1) is 0 Å². The number of benzene rings is 2. The fraction of sp³-hybridized carbons (Fsp3) is 0.211. The SMILES string of the molecule is COc1ccc(C[C@H](NC(=O)c2cccc(OC(C)=O)c2)C(=O)O)cc1. The summed E-state index contributed by atoms with van der Waals surface area (Å²) in [5.41, 5.74) is 0.942. The number of carboxylic acids is 1. The zero-order chi connectivity index (χ0) is 19.1. The van der Waals surface area contributed by atoms with Crippen LogP contribution in [0.2, 0.25) is 0 Å². The molecule has 0 saturated heterocycles. The molecule has 0 fully saturated rings. The van der Waals surface area contributed by atoms with Crippen molar-refractivity contribution < 1.29 is 29.0 Å². The van der Waals surface area contributed by atoms with Gasteiger partial charge in [-0.2, -0.15) is 0 Å². The zero-order valence-corrected chi connectivity index (χ0v) is 14.4. The van der Waals surface area contributed by atoms with Gasteiger partial charge in [-0.1, -0.05) is 18.2 Å². The van der Waals surface area contributed by atoms with Crippen molar-refractivity contribution in [2.24, 2.45) is 0 Å². The molecule has 0 aliphatic heterocycles. The first-order valence-electron chi connectivity index (χ1n) is 7.84. The third-order valence-corrected chi connectivity index (χ3v) is 3.56. The lowest BCUT2D eigenvalue weighted by atomic mass is 10.1. The molecule has 7 heteroatoms. The molecule has 0 bridgehead atoms. The maximum absolute atomic E-state index is 12.4. The summed E-state index contributed by atoms with van der Waals surface area (Å²) in [5.74, 6) is -1.35. The second-order valence-electron chi connectivity index (χ2n) is 5.54. The van der Waals surface area contributed by atoms with E-state index < -0.39 is 23.9 Å². The van der Waals surface area contributed by atoms with Crippen molar-refractivity contribution in [1.82, 2.24) is 5.32 Å². The highest BCUT2D eigenvalue weighted by Gasteiger charge is 2.21. The lowest BCUT2D eigenvalue weighted by molar-refractivity contribution is -0.139. The Morgan fingerprint density at radius 2 is 1.77 bits per heavy atom. The van der Waals surface area contributed by atoms with E-state index in [-0.39, 0.29) is 17.7 Å². The number of hydrogen-bond acceptors (Lipinski definition) is 5. The maximum Gasteiger partial charge on any atom is 0.326 e. The summed E-state index contributed by atoms with van der Waals surface area (Å²) in [5, 5.41) is 11.9. The lowest BCUT2D eigenvalue weighted by Crippen LogP contribution is -2.42. The largest absolute Gasteiger partial charge is 0.497 e. The zero-order valence-electron chi connectivity index (χ0n) is 14.4. The Morgan fingerprint density at radius 1 is 1.08 bits per heavy atom. The minimum absolute atomic E-state index is 0.120. The number of hydrogen-bond donors (Lipinski definition) is 2. The number of methoxy groups -OCH3 is 1. The molecule has 136 valence electrons. The van der Waals surface area contributed by atoms with E-state index in [1.807, 2.05) is 0 Å². The maximum atomic E-state index is 12.4. The number of rotatable bonds is 7. The first kappa shape index (κ1) is 19.0. The molecule has 2 rings (SSSR count). The molecule has 0 saturated carbocycles. The Bertz CT molecular complexity index is 800. The van der Waals surface area contributed by atoms with Crippen LogP contribution in [0.15, 0.2) is 48.5 Å². The molecule has 0 aliphatic rings. The summed E-state index contributed by atoms with van der Waals surface area (Å²) >= 11 is 0. The summed E-state index contributed by atoms with van der Waals surface area (Å²) in [6.45, 7) is 1.25. The minimum atomic E-state index is -1.15. The fourth-order valence-electron chi connectivity index (χ4n) is 2.31. The van der Waals surface area contributed by atoms with E-state index in [0.717, 1.165) is 5.56 Å². The van der Waals surface area contributed by atoms with E-state index in [1.165, 1.54) is 25.1 Å². The molecule has 0 heterocycles. The summed E-state index contributed by atoms with van der Waals surface area (Å²) < 4.78 is 9.99. The number of carboxylic acid groups (broad SMARTS) is 1. The molecule has 1 atom stereocenters. The average Bonchev–Trinajstić information content (AvgIpc) is 2.61.